The second kappa shape index (κ2) is 5.92. The third-order valence-corrected chi connectivity index (χ3v) is 3.86. The Labute approximate surface area is 136 Å². The molecule has 0 radical (unpaired) electrons. The molecule has 0 aliphatic carbocycles. The fraction of sp³-hybridized carbons (Fsp3) is 0.250. The number of fused-ring (bicyclic) bond motifs is 1. The van der Waals surface area contributed by atoms with E-state index in [0.29, 0.717) is 17.1 Å². The molecule has 0 spiro atoms. The lowest BCUT2D eigenvalue weighted by atomic mass is 9.87. The van der Waals surface area contributed by atoms with Gasteiger partial charge in [-0.1, -0.05) is 51.1 Å². The van der Waals surface area contributed by atoms with Gasteiger partial charge in [-0.3, -0.25) is 4.79 Å². The van der Waals surface area contributed by atoms with Crippen LogP contribution in [-0.2, 0) is 5.41 Å². The van der Waals surface area contributed by atoms with Crippen LogP contribution in [0.3, 0.4) is 0 Å². The van der Waals surface area contributed by atoms with Crippen molar-refractivity contribution in [3.05, 3.63) is 65.2 Å². The lowest BCUT2D eigenvalue weighted by Crippen LogP contribution is -2.10. The third-order valence-electron chi connectivity index (χ3n) is 3.86. The van der Waals surface area contributed by atoms with Gasteiger partial charge in [0.2, 0.25) is 6.79 Å². The molecule has 1 heterocycles. The first-order valence-electron chi connectivity index (χ1n) is 7.66. The largest absolute Gasteiger partial charge is 0.454 e. The number of carbonyl (C=O) groups is 1. The summed E-state index contributed by atoms with van der Waals surface area (Å²) in [6.07, 6.45) is 3.42. The van der Waals surface area contributed by atoms with Gasteiger partial charge in [0.05, 0.1) is 0 Å². The van der Waals surface area contributed by atoms with Crippen molar-refractivity contribution in [2.24, 2.45) is 0 Å². The summed E-state index contributed by atoms with van der Waals surface area (Å²) in [5.74, 6) is 1.25. The highest BCUT2D eigenvalue weighted by atomic mass is 16.7. The summed E-state index contributed by atoms with van der Waals surface area (Å²) in [6, 6.07) is 13.5. The molecule has 2 aromatic rings. The maximum absolute atomic E-state index is 12.3. The zero-order valence-electron chi connectivity index (χ0n) is 13.6. The summed E-state index contributed by atoms with van der Waals surface area (Å²) in [4.78, 5) is 12.3. The zero-order chi connectivity index (χ0) is 16.4. The predicted octanol–water partition coefficient (Wildman–Crippen LogP) is 4.61. The summed E-state index contributed by atoms with van der Waals surface area (Å²) >= 11 is 0. The van der Waals surface area contributed by atoms with Crippen molar-refractivity contribution in [2.45, 2.75) is 26.2 Å². The monoisotopic (exact) mass is 308 g/mol. The van der Waals surface area contributed by atoms with Gasteiger partial charge in [0, 0.05) is 5.56 Å². The smallest absolute Gasteiger partial charge is 0.231 e. The molecule has 0 atom stereocenters. The molecule has 2 aromatic carbocycles. The van der Waals surface area contributed by atoms with Crippen LogP contribution in [0.4, 0.5) is 0 Å². The maximum Gasteiger partial charge on any atom is 0.231 e. The van der Waals surface area contributed by atoms with E-state index in [9.17, 15) is 4.79 Å². The van der Waals surface area contributed by atoms with Crippen molar-refractivity contribution >= 4 is 11.9 Å². The second-order valence-electron chi connectivity index (χ2n) is 6.64. The number of ether oxygens (including phenoxy) is 2. The normalized spacial score (nSPS) is 13.5. The summed E-state index contributed by atoms with van der Waals surface area (Å²) in [5.41, 5.74) is 3.01. The maximum atomic E-state index is 12.3. The molecule has 0 saturated carbocycles. The van der Waals surface area contributed by atoms with E-state index >= 15 is 0 Å². The van der Waals surface area contributed by atoms with Crippen LogP contribution < -0.4 is 9.47 Å². The Hall–Kier alpha value is -2.55. The van der Waals surface area contributed by atoms with Crippen molar-refractivity contribution < 1.29 is 14.3 Å². The van der Waals surface area contributed by atoms with E-state index in [2.05, 4.69) is 32.9 Å². The van der Waals surface area contributed by atoms with Gasteiger partial charge < -0.3 is 9.47 Å². The Kier molecular flexibility index (Phi) is 3.95. The first kappa shape index (κ1) is 15.3. The van der Waals surface area contributed by atoms with Crippen LogP contribution >= 0.6 is 0 Å². The molecule has 0 saturated heterocycles. The quantitative estimate of drug-likeness (QED) is 0.613. The Morgan fingerprint density at radius 1 is 1.00 bits per heavy atom. The van der Waals surface area contributed by atoms with Crippen LogP contribution in [0.1, 0.15) is 42.3 Å². The Morgan fingerprint density at radius 3 is 2.39 bits per heavy atom. The number of benzene rings is 2. The number of rotatable bonds is 3. The van der Waals surface area contributed by atoms with E-state index in [1.807, 2.05) is 18.2 Å². The Bertz CT molecular complexity index is 749. The van der Waals surface area contributed by atoms with Gasteiger partial charge in [-0.25, -0.2) is 0 Å². The van der Waals surface area contributed by atoms with E-state index in [1.54, 1.807) is 24.3 Å². The van der Waals surface area contributed by atoms with Gasteiger partial charge in [-0.2, -0.15) is 0 Å². The molecule has 0 bridgehead atoms. The number of carbonyl (C=O) groups excluding carboxylic acids is 1. The van der Waals surface area contributed by atoms with Crippen molar-refractivity contribution in [2.75, 3.05) is 6.79 Å². The van der Waals surface area contributed by atoms with Crippen molar-refractivity contribution in [1.29, 1.82) is 0 Å². The average Bonchev–Trinajstić information content (AvgIpc) is 2.99. The number of hydrogen-bond acceptors (Lipinski definition) is 3. The van der Waals surface area contributed by atoms with Crippen molar-refractivity contribution in [3.8, 4) is 11.5 Å². The van der Waals surface area contributed by atoms with Gasteiger partial charge in [0.1, 0.15) is 0 Å². The number of ketones is 1. The third kappa shape index (κ3) is 3.45. The summed E-state index contributed by atoms with van der Waals surface area (Å²) in [5, 5.41) is 0. The SMILES string of the molecule is CC(C)(C)c1ccc(/C=C/C(=O)c2ccc3c(c2)OCO3)cc1. The molecule has 118 valence electrons. The summed E-state index contributed by atoms with van der Waals surface area (Å²) in [7, 11) is 0. The molecule has 0 unspecified atom stereocenters. The van der Waals surface area contributed by atoms with Gasteiger partial charge in [0.15, 0.2) is 17.3 Å². The number of allylic oxidation sites excluding steroid dienone is 1. The minimum Gasteiger partial charge on any atom is -0.454 e. The minimum atomic E-state index is -0.0526. The molecule has 1 aliphatic rings. The molecule has 23 heavy (non-hydrogen) atoms. The first-order valence-corrected chi connectivity index (χ1v) is 7.66. The fourth-order valence-corrected chi connectivity index (χ4v) is 2.41. The molecule has 0 amide bonds. The molecular weight excluding hydrogens is 288 g/mol. The molecule has 0 N–H and O–H groups in total. The second-order valence-corrected chi connectivity index (χ2v) is 6.64. The van der Waals surface area contributed by atoms with Crippen LogP contribution in [0.2, 0.25) is 0 Å². The first-order chi connectivity index (χ1) is 10.9. The summed E-state index contributed by atoms with van der Waals surface area (Å²) < 4.78 is 10.5. The van der Waals surface area contributed by atoms with E-state index in [-0.39, 0.29) is 18.0 Å². The molecule has 3 rings (SSSR count). The van der Waals surface area contributed by atoms with Gasteiger partial charge in [-0.05, 0) is 40.8 Å². The van der Waals surface area contributed by atoms with Crippen LogP contribution in [0.5, 0.6) is 11.5 Å². The zero-order valence-corrected chi connectivity index (χ0v) is 13.6. The summed E-state index contributed by atoms with van der Waals surface area (Å²) in [6.45, 7) is 6.76. The lowest BCUT2D eigenvalue weighted by molar-refractivity contribution is 0.104. The van der Waals surface area contributed by atoms with Gasteiger partial charge >= 0.3 is 0 Å². The van der Waals surface area contributed by atoms with Crippen molar-refractivity contribution in [1.82, 2.24) is 0 Å². The fourth-order valence-electron chi connectivity index (χ4n) is 2.41. The van der Waals surface area contributed by atoms with Crippen LogP contribution in [0, 0.1) is 0 Å². The van der Waals surface area contributed by atoms with E-state index in [0.717, 1.165) is 5.56 Å². The highest BCUT2D eigenvalue weighted by Gasteiger charge is 2.15. The van der Waals surface area contributed by atoms with Gasteiger partial charge in [-0.15, -0.1) is 0 Å². The van der Waals surface area contributed by atoms with E-state index in [1.165, 1.54) is 5.56 Å². The van der Waals surface area contributed by atoms with Crippen LogP contribution in [0.25, 0.3) is 6.08 Å². The highest BCUT2D eigenvalue weighted by Crippen LogP contribution is 2.32. The standard InChI is InChI=1S/C20H20O3/c1-20(2,3)16-8-4-14(5-9-16)6-10-17(21)15-7-11-18-19(12-15)23-13-22-18/h4-12H,13H2,1-3H3/b10-6+. The van der Waals surface area contributed by atoms with E-state index in [4.69, 9.17) is 9.47 Å². The topological polar surface area (TPSA) is 35.5 Å². The average molecular weight is 308 g/mol. The van der Waals surface area contributed by atoms with Crippen LogP contribution in [0.15, 0.2) is 48.5 Å². The minimum absolute atomic E-state index is 0.0526. The Morgan fingerprint density at radius 2 is 1.70 bits per heavy atom. The molecule has 3 heteroatoms. The van der Waals surface area contributed by atoms with Crippen LogP contribution in [-0.4, -0.2) is 12.6 Å². The lowest BCUT2D eigenvalue weighted by Gasteiger charge is -2.18. The molecule has 1 aliphatic heterocycles. The van der Waals surface area contributed by atoms with E-state index < -0.39 is 0 Å². The molecule has 0 aromatic heterocycles. The highest BCUT2D eigenvalue weighted by molar-refractivity contribution is 6.07. The Balaban J connectivity index is 1.73. The number of hydrogen-bond donors (Lipinski definition) is 0. The molecular formula is C20H20O3. The predicted molar refractivity (Wildman–Crippen MR) is 91.1 cm³/mol. The molecule has 3 nitrogen and oxygen atoms in total. The van der Waals surface area contributed by atoms with Crippen molar-refractivity contribution in [3.63, 3.8) is 0 Å². The van der Waals surface area contributed by atoms with Gasteiger partial charge in [0.25, 0.3) is 0 Å². The molecule has 0 fully saturated rings.